The maximum absolute atomic E-state index is 10.9. The molecule has 0 atom stereocenters. The van der Waals surface area contributed by atoms with Crippen LogP contribution in [0, 0.1) is 10.1 Å². The van der Waals surface area contributed by atoms with Gasteiger partial charge in [0.2, 0.25) is 0 Å². The summed E-state index contributed by atoms with van der Waals surface area (Å²) in [7, 11) is 0. The molecule has 5 nitrogen and oxygen atoms in total. The second kappa shape index (κ2) is 7.66. The number of hydrogen-bond acceptors (Lipinski definition) is 4. The molecule has 1 rings (SSSR count). The van der Waals surface area contributed by atoms with Crippen molar-refractivity contribution in [3.05, 3.63) is 33.9 Å². The van der Waals surface area contributed by atoms with Gasteiger partial charge in [-0.2, -0.15) is 0 Å². The average molecular weight is 252 g/mol. The number of rotatable bonds is 8. The van der Waals surface area contributed by atoms with E-state index >= 15 is 0 Å². The molecule has 5 heteroatoms. The molecule has 2 N–H and O–H groups in total. The predicted octanol–water partition coefficient (Wildman–Crippen LogP) is 3.01. The Hall–Kier alpha value is -1.62. The zero-order chi connectivity index (χ0) is 13.4. The first-order valence-electron chi connectivity index (χ1n) is 6.29. The summed E-state index contributed by atoms with van der Waals surface area (Å²) in [6.07, 6.45) is 4.32. The minimum atomic E-state index is -0.429. The Morgan fingerprint density at radius 1 is 1.33 bits per heavy atom. The van der Waals surface area contributed by atoms with Crippen LogP contribution in [0.1, 0.15) is 38.2 Å². The highest BCUT2D eigenvalue weighted by molar-refractivity contribution is 5.48. The number of benzene rings is 1. The highest BCUT2D eigenvalue weighted by atomic mass is 16.6. The number of nitrogens with zero attached hydrogens (tertiary/aromatic N) is 1. The van der Waals surface area contributed by atoms with Gasteiger partial charge in [0, 0.05) is 12.6 Å². The maximum Gasteiger partial charge on any atom is 0.310 e. The van der Waals surface area contributed by atoms with Crippen LogP contribution in [0.4, 0.5) is 5.69 Å². The molecule has 0 saturated heterocycles. The molecule has 0 unspecified atom stereocenters. The van der Waals surface area contributed by atoms with Gasteiger partial charge in [-0.05, 0) is 18.1 Å². The van der Waals surface area contributed by atoms with E-state index in [1.807, 2.05) is 0 Å². The van der Waals surface area contributed by atoms with E-state index in [0.29, 0.717) is 18.9 Å². The summed E-state index contributed by atoms with van der Waals surface area (Å²) in [5, 5.41) is 10.9. The largest absolute Gasteiger partial charge is 0.487 e. The van der Waals surface area contributed by atoms with Crippen molar-refractivity contribution < 1.29 is 9.66 Å². The number of nitro benzene ring substituents is 1. The van der Waals surface area contributed by atoms with E-state index in [-0.39, 0.29) is 5.69 Å². The second-order valence-corrected chi connectivity index (χ2v) is 4.17. The van der Waals surface area contributed by atoms with Crippen molar-refractivity contribution in [1.82, 2.24) is 0 Å². The lowest BCUT2D eigenvalue weighted by Gasteiger charge is -2.08. The Labute approximate surface area is 107 Å². The summed E-state index contributed by atoms with van der Waals surface area (Å²) >= 11 is 0. The lowest BCUT2D eigenvalue weighted by molar-refractivity contribution is -0.385. The van der Waals surface area contributed by atoms with Gasteiger partial charge in [-0.1, -0.05) is 32.3 Å². The van der Waals surface area contributed by atoms with Crippen molar-refractivity contribution in [2.24, 2.45) is 5.73 Å². The molecule has 0 spiro atoms. The van der Waals surface area contributed by atoms with Crippen LogP contribution in [-0.4, -0.2) is 11.5 Å². The topological polar surface area (TPSA) is 78.4 Å². The average Bonchev–Trinajstić information content (AvgIpc) is 2.38. The van der Waals surface area contributed by atoms with E-state index in [4.69, 9.17) is 10.5 Å². The van der Waals surface area contributed by atoms with Crippen molar-refractivity contribution in [3.63, 3.8) is 0 Å². The molecule has 0 aliphatic carbocycles. The molecule has 100 valence electrons. The van der Waals surface area contributed by atoms with Crippen LogP contribution < -0.4 is 10.5 Å². The first-order valence-corrected chi connectivity index (χ1v) is 6.29. The Bertz CT molecular complexity index is 394. The Kier molecular flexibility index (Phi) is 6.14. The molecule has 0 aromatic heterocycles. The highest BCUT2D eigenvalue weighted by Gasteiger charge is 2.15. The van der Waals surface area contributed by atoms with Crippen LogP contribution in [0.2, 0.25) is 0 Å². The van der Waals surface area contributed by atoms with Gasteiger partial charge in [0.05, 0.1) is 11.5 Å². The molecule has 1 aromatic carbocycles. The van der Waals surface area contributed by atoms with Crippen molar-refractivity contribution in [3.8, 4) is 5.75 Å². The standard InChI is InChI=1S/C13H20N2O3/c1-2-3-4-5-8-18-13-9-11(10-14)6-7-12(13)15(16)17/h6-7,9H,2-5,8,10,14H2,1H3. The van der Waals surface area contributed by atoms with Crippen LogP contribution in [0.5, 0.6) is 5.75 Å². The van der Waals surface area contributed by atoms with Gasteiger partial charge in [0.25, 0.3) is 0 Å². The van der Waals surface area contributed by atoms with Crippen molar-refractivity contribution in [1.29, 1.82) is 0 Å². The number of ether oxygens (including phenoxy) is 1. The first-order chi connectivity index (χ1) is 8.69. The molecule has 0 amide bonds. The maximum atomic E-state index is 10.9. The second-order valence-electron chi connectivity index (χ2n) is 4.17. The third-order valence-electron chi connectivity index (χ3n) is 2.71. The third-order valence-corrected chi connectivity index (χ3v) is 2.71. The van der Waals surface area contributed by atoms with Crippen LogP contribution in [0.15, 0.2) is 18.2 Å². The van der Waals surface area contributed by atoms with Crippen LogP contribution in [0.3, 0.4) is 0 Å². The first kappa shape index (κ1) is 14.4. The van der Waals surface area contributed by atoms with E-state index in [1.54, 1.807) is 12.1 Å². The molecule has 0 fully saturated rings. The smallest absolute Gasteiger partial charge is 0.310 e. The van der Waals surface area contributed by atoms with Crippen molar-refractivity contribution >= 4 is 5.69 Å². The number of unbranched alkanes of at least 4 members (excludes halogenated alkanes) is 3. The molecule has 0 aliphatic heterocycles. The van der Waals surface area contributed by atoms with Gasteiger partial charge in [-0.3, -0.25) is 10.1 Å². The normalized spacial score (nSPS) is 10.3. The monoisotopic (exact) mass is 252 g/mol. The Morgan fingerprint density at radius 2 is 2.11 bits per heavy atom. The molecule has 0 radical (unpaired) electrons. The fourth-order valence-corrected chi connectivity index (χ4v) is 1.66. The zero-order valence-electron chi connectivity index (χ0n) is 10.7. The summed E-state index contributed by atoms with van der Waals surface area (Å²) < 4.78 is 5.49. The highest BCUT2D eigenvalue weighted by Crippen LogP contribution is 2.28. The van der Waals surface area contributed by atoms with Crippen LogP contribution in [0.25, 0.3) is 0 Å². The molecular weight excluding hydrogens is 232 g/mol. The van der Waals surface area contributed by atoms with Gasteiger partial charge >= 0.3 is 5.69 Å². The molecule has 0 heterocycles. The van der Waals surface area contributed by atoms with Crippen molar-refractivity contribution in [2.45, 2.75) is 39.2 Å². The third kappa shape index (κ3) is 4.33. The lowest BCUT2D eigenvalue weighted by Crippen LogP contribution is -2.03. The Morgan fingerprint density at radius 3 is 2.72 bits per heavy atom. The molecule has 0 bridgehead atoms. The van der Waals surface area contributed by atoms with E-state index in [0.717, 1.165) is 31.2 Å². The quantitative estimate of drug-likeness (QED) is 0.438. The van der Waals surface area contributed by atoms with Crippen LogP contribution >= 0.6 is 0 Å². The fourth-order valence-electron chi connectivity index (χ4n) is 1.66. The number of nitro groups is 1. The SMILES string of the molecule is CCCCCCOc1cc(CN)ccc1[N+](=O)[O-]. The summed E-state index contributed by atoms with van der Waals surface area (Å²) in [5.74, 6) is 0.319. The summed E-state index contributed by atoms with van der Waals surface area (Å²) in [5.41, 5.74) is 6.35. The minimum absolute atomic E-state index is 0.00249. The van der Waals surface area contributed by atoms with Gasteiger partial charge in [-0.15, -0.1) is 0 Å². The van der Waals surface area contributed by atoms with Gasteiger partial charge in [-0.25, -0.2) is 0 Å². The fraction of sp³-hybridized carbons (Fsp3) is 0.538. The van der Waals surface area contributed by atoms with Gasteiger partial charge in [0.15, 0.2) is 5.75 Å². The van der Waals surface area contributed by atoms with Crippen molar-refractivity contribution in [2.75, 3.05) is 6.61 Å². The van der Waals surface area contributed by atoms with Crippen LogP contribution in [-0.2, 0) is 6.54 Å². The van der Waals surface area contributed by atoms with Gasteiger partial charge in [0.1, 0.15) is 0 Å². The molecular formula is C13H20N2O3. The molecule has 0 aliphatic rings. The van der Waals surface area contributed by atoms with Gasteiger partial charge < -0.3 is 10.5 Å². The summed E-state index contributed by atoms with van der Waals surface area (Å²) in [6, 6.07) is 4.75. The summed E-state index contributed by atoms with van der Waals surface area (Å²) in [4.78, 5) is 10.4. The number of nitrogens with two attached hydrogens (primary N) is 1. The van der Waals surface area contributed by atoms with E-state index < -0.39 is 4.92 Å². The summed E-state index contributed by atoms with van der Waals surface area (Å²) in [6.45, 7) is 3.00. The van der Waals surface area contributed by atoms with E-state index in [9.17, 15) is 10.1 Å². The molecule has 0 saturated carbocycles. The molecule has 18 heavy (non-hydrogen) atoms. The van der Waals surface area contributed by atoms with E-state index in [2.05, 4.69) is 6.92 Å². The lowest BCUT2D eigenvalue weighted by atomic mass is 10.2. The minimum Gasteiger partial charge on any atom is -0.487 e. The molecule has 1 aromatic rings. The Balaban J connectivity index is 2.63. The zero-order valence-corrected chi connectivity index (χ0v) is 10.7. The van der Waals surface area contributed by atoms with E-state index in [1.165, 1.54) is 6.07 Å². The predicted molar refractivity (Wildman–Crippen MR) is 70.6 cm³/mol. The number of hydrogen-bond donors (Lipinski definition) is 1.